The van der Waals surface area contributed by atoms with Crippen molar-refractivity contribution in [2.45, 2.75) is 57.7 Å². The van der Waals surface area contributed by atoms with Crippen LogP contribution in [0.25, 0.3) is 0 Å². The molecule has 0 aromatic rings. The minimum atomic E-state index is -1.02. The summed E-state index contributed by atoms with van der Waals surface area (Å²) in [7, 11) is 0. The van der Waals surface area contributed by atoms with E-state index in [-0.39, 0.29) is 6.42 Å². The maximum absolute atomic E-state index is 10.0. The van der Waals surface area contributed by atoms with E-state index in [1.165, 1.54) is 0 Å². The fourth-order valence-corrected chi connectivity index (χ4v) is 1.61. The monoisotopic (exact) mass is 183 g/mol. The van der Waals surface area contributed by atoms with Crippen LogP contribution in [0.4, 0.5) is 0 Å². The largest absolute Gasteiger partial charge is 0.389 e. The Labute approximate surface area is 81.0 Å². The van der Waals surface area contributed by atoms with Gasteiger partial charge in [-0.05, 0) is 19.3 Å². The highest BCUT2D eigenvalue weighted by molar-refractivity contribution is 4.92. The molecule has 0 fully saturated rings. The molecule has 0 aliphatic carbocycles. The third-order valence-corrected chi connectivity index (χ3v) is 2.28. The van der Waals surface area contributed by atoms with Crippen molar-refractivity contribution in [1.29, 1.82) is 0 Å². The molecule has 1 atom stereocenters. The Morgan fingerprint density at radius 3 is 2.08 bits per heavy atom. The zero-order chi connectivity index (χ0) is 10.3. The minimum absolute atomic E-state index is 0.122. The van der Waals surface area contributed by atoms with Gasteiger partial charge in [-0.15, -0.1) is 0 Å². The van der Waals surface area contributed by atoms with Gasteiger partial charge >= 0.3 is 0 Å². The topological polar surface area (TPSA) is 40.5 Å². The van der Waals surface area contributed by atoms with Crippen LogP contribution in [0.3, 0.4) is 0 Å². The molecule has 0 rings (SSSR count). The molecule has 0 bridgehead atoms. The molecule has 75 valence electrons. The predicted octanol–water partition coefficient (Wildman–Crippen LogP) is 1.66. The van der Waals surface area contributed by atoms with E-state index in [2.05, 4.69) is 5.92 Å². The van der Waals surface area contributed by atoms with Gasteiger partial charge in [0, 0.05) is 6.42 Å². The predicted molar refractivity (Wildman–Crippen MR) is 52.5 cm³/mol. The molecule has 0 saturated carbocycles. The molecule has 2 N–H and O–H groups in total. The van der Waals surface area contributed by atoms with Crippen molar-refractivity contribution >= 4 is 0 Å². The summed E-state index contributed by atoms with van der Waals surface area (Å²) in [6.07, 6.45) is 8.89. The third-order valence-electron chi connectivity index (χ3n) is 2.28. The van der Waals surface area contributed by atoms with Crippen molar-refractivity contribution in [3.63, 3.8) is 0 Å². The molecule has 0 heterocycles. The Bertz CT molecular complexity index is 163. The zero-order valence-corrected chi connectivity index (χ0v) is 8.51. The van der Waals surface area contributed by atoms with Crippen LogP contribution in [-0.2, 0) is 0 Å². The molecule has 0 amide bonds. The van der Waals surface area contributed by atoms with Crippen molar-refractivity contribution < 1.29 is 10.2 Å². The number of aliphatic hydroxyl groups excluding tert-OH is 1. The van der Waals surface area contributed by atoms with Crippen LogP contribution in [0.1, 0.15) is 46.0 Å². The summed E-state index contributed by atoms with van der Waals surface area (Å²) in [6, 6.07) is 0. The van der Waals surface area contributed by atoms with Crippen molar-refractivity contribution in [3.8, 4) is 5.92 Å². The van der Waals surface area contributed by atoms with E-state index in [9.17, 15) is 10.2 Å². The molecular formula is C11H19O2. The maximum atomic E-state index is 10.0. The van der Waals surface area contributed by atoms with Crippen LogP contribution in [0.5, 0.6) is 0 Å². The molecule has 1 unspecified atom stereocenters. The summed E-state index contributed by atoms with van der Waals surface area (Å²) < 4.78 is 0. The fraction of sp³-hybridized carbons (Fsp3) is 0.818. The summed E-state index contributed by atoms with van der Waals surface area (Å²) in [4.78, 5) is 0. The standard InChI is InChI=1S/C11H19O2/c1-4-7-10(12)11(13,8-5-2)9-6-3/h10,12-13H,5-9H2,2-3H3. The smallest absolute Gasteiger partial charge is 0.0936 e. The van der Waals surface area contributed by atoms with E-state index in [1.54, 1.807) is 0 Å². The number of aliphatic hydroxyl groups is 2. The molecule has 0 aromatic heterocycles. The molecule has 2 nitrogen and oxygen atoms in total. The van der Waals surface area contributed by atoms with E-state index in [0.717, 1.165) is 12.8 Å². The quantitative estimate of drug-likeness (QED) is 0.615. The first-order valence-corrected chi connectivity index (χ1v) is 4.90. The SMILES string of the molecule is [C]#CCC(O)C(O)(CCC)CCC. The van der Waals surface area contributed by atoms with Gasteiger partial charge < -0.3 is 10.2 Å². The van der Waals surface area contributed by atoms with Gasteiger partial charge in [-0.1, -0.05) is 32.6 Å². The molecule has 0 spiro atoms. The van der Waals surface area contributed by atoms with Gasteiger partial charge in [-0.3, -0.25) is 0 Å². The van der Waals surface area contributed by atoms with E-state index in [0.29, 0.717) is 12.8 Å². The second kappa shape index (κ2) is 6.01. The average Bonchev–Trinajstić information content (AvgIpc) is 2.05. The van der Waals surface area contributed by atoms with Crippen LogP contribution in [0.15, 0.2) is 0 Å². The highest BCUT2D eigenvalue weighted by atomic mass is 16.3. The minimum Gasteiger partial charge on any atom is -0.389 e. The molecule has 0 aliphatic heterocycles. The molecule has 0 aliphatic rings. The number of hydrogen-bond acceptors (Lipinski definition) is 2. The van der Waals surface area contributed by atoms with Gasteiger partial charge in [-0.25, -0.2) is 0 Å². The van der Waals surface area contributed by atoms with Crippen LogP contribution < -0.4 is 0 Å². The fourth-order valence-electron chi connectivity index (χ4n) is 1.61. The van der Waals surface area contributed by atoms with Crippen molar-refractivity contribution in [3.05, 3.63) is 6.42 Å². The summed E-state index contributed by atoms with van der Waals surface area (Å²) >= 11 is 0. The van der Waals surface area contributed by atoms with Crippen LogP contribution in [0.2, 0.25) is 0 Å². The van der Waals surface area contributed by atoms with E-state index in [4.69, 9.17) is 6.42 Å². The Balaban J connectivity index is 4.29. The first-order chi connectivity index (χ1) is 6.10. The Kier molecular flexibility index (Phi) is 5.77. The van der Waals surface area contributed by atoms with Gasteiger partial charge in [0.05, 0.1) is 11.7 Å². The number of rotatable bonds is 6. The van der Waals surface area contributed by atoms with Crippen molar-refractivity contribution in [2.75, 3.05) is 0 Å². The Hall–Kier alpha value is -0.520. The summed E-state index contributed by atoms with van der Waals surface area (Å²) in [5.41, 5.74) is -1.02. The van der Waals surface area contributed by atoms with Crippen molar-refractivity contribution in [2.24, 2.45) is 0 Å². The second-order valence-electron chi connectivity index (χ2n) is 3.50. The first-order valence-electron chi connectivity index (χ1n) is 4.90. The van der Waals surface area contributed by atoms with Crippen molar-refractivity contribution in [1.82, 2.24) is 0 Å². The molecule has 13 heavy (non-hydrogen) atoms. The zero-order valence-electron chi connectivity index (χ0n) is 8.51. The van der Waals surface area contributed by atoms with Gasteiger partial charge in [0.15, 0.2) is 0 Å². The Morgan fingerprint density at radius 1 is 1.31 bits per heavy atom. The average molecular weight is 183 g/mol. The van der Waals surface area contributed by atoms with E-state index >= 15 is 0 Å². The summed E-state index contributed by atoms with van der Waals surface area (Å²) in [6.45, 7) is 3.95. The van der Waals surface area contributed by atoms with Gasteiger partial charge in [0.1, 0.15) is 0 Å². The van der Waals surface area contributed by atoms with Crippen LogP contribution >= 0.6 is 0 Å². The lowest BCUT2D eigenvalue weighted by molar-refractivity contribution is -0.0838. The highest BCUT2D eigenvalue weighted by Gasteiger charge is 2.32. The highest BCUT2D eigenvalue weighted by Crippen LogP contribution is 2.25. The lowest BCUT2D eigenvalue weighted by Gasteiger charge is -2.31. The molecule has 0 aromatic carbocycles. The molecular weight excluding hydrogens is 164 g/mol. The summed E-state index contributed by atoms with van der Waals surface area (Å²) in [5, 5.41) is 19.6. The van der Waals surface area contributed by atoms with Gasteiger partial charge in [0.2, 0.25) is 0 Å². The van der Waals surface area contributed by atoms with Crippen LogP contribution in [0, 0.1) is 12.3 Å². The normalized spacial score (nSPS) is 13.8. The molecule has 0 saturated heterocycles. The van der Waals surface area contributed by atoms with Crippen LogP contribution in [-0.4, -0.2) is 21.9 Å². The third kappa shape index (κ3) is 3.80. The lowest BCUT2D eigenvalue weighted by atomic mass is 9.85. The maximum Gasteiger partial charge on any atom is 0.0936 e. The Morgan fingerprint density at radius 2 is 1.77 bits per heavy atom. The molecule has 2 heteroatoms. The lowest BCUT2D eigenvalue weighted by Crippen LogP contribution is -2.41. The molecule has 1 radical (unpaired) electrons. The van der Waals surface area contributed by atoms with E-state index < -0.39 is 11.7 Å². The summed E-state index contributed by atoms with van der Waals surface area (Å²) in [5.74, 6) is 2.13. The van der Waals surface area contributed by atoms with Gasteiger partial charge in [-0.2, -0.15) is 0 Å². The number of hydrogen-bond donors (Lipinski definition) is 2. The van der Waals surface area contributed by atoms with E-state index in [1.807, 2.05) is 13.8 Å². The van der Waals surface area contributed by atoms with Gasteiger partial charge in [0.25, 0.3) is 0 Å². The first kappa shape index (κ1) is 12.5. The second-order valence-corrected chi connectivity index (χ2v) is 3.50.